The van der Waals surface area contributed by atoms with Crippen molar-refractivity contribution in [3.8, 4) is 0 Å². The number of aryl methyl sites for hydroxylation is 2. The Bertz CT molecular complexity index is 423. The van der Waals surface area contributed by atoms with E-state index in [0.717, 1.165) is 42.1 Å². The molecule has 0 saturated heterocycles. The number of nitrogens with one attached hydrogen (secondary N) is 1. The van der Waals surface area contributed by atoms with Crippen molar-refractivity contribution in [2.45, 2.75) is 57.6 Å². The average molecular weight is 286 g/mol. The summed E-state index contributed by atoms with van der Waals surface area (Å²) in [5.74, 6) is 0. The summed E-state index contributed by atoms with van der Waals surface area (Å²) in [5, 5.41) is 18.9. The Morgan fingerprint density at radius 3 is 2.47 bits per heavy atom. The van der Waals surface area contributed by atoms with Crippen LogP contribution in [0, 0.1) is 6.92 Å². The van der Waals surface area contributed by atoms with Crippen molar-refractivity contribution in [2.24, 2.45) is 7.05 Å². The van der Waals surface area contributed by atoms with E-state index in [4.69, 9.17) is 11.6 Å². The molecule has 0 amide bonds. The molecule has 2 N–H and O–H groups in total. The molecule has 2 rings (SSSR count). The molecule has 1 aromatic rings. The third kappa shape index (κ3) is 3.71. The number of rotatable bonds is 4. The van der Waals surface area contributed by atoms with Gasteiger partial charge in [0.25, 0.3) is 0 Å². The van der Waals surface area contributed by atoms with Crippen LogP contribution in [0.2, 0.25) is 5.02 Å². The van der Waals surface area contributed by atoms with Crippen LogP contribution in [0.25, 0.3) is 0 Å². The zero-order valence-electron chi connectivity index (χ0n) is 11.9. The van der Waals surface area contributed by atoms with Crippen LogP contribution in [0.1, 0.15) is 49.9 Å². The fraction of sp³-hybridized carbons (Fsp3) is 0.786. The summed E-state index contributed by atoms with van der Waals surface area (Å²) in [6.07, 6.45) is 6.55. The summed E-state index contributed by atoms with van der Waals surface area (Å²) in [5.41, 5.74) is 1.29. The summed E-state index contributed by atoms with van der Waals surface area (Å²) < 4.78 is 1.81. The summed E-state index contributed by atoms with van der Waals surface area (Å²) >= 11 is 6.21. The van der Waals surface area contributed by atoms with E-state index in [0.29, 0.717) is 13.1 Å². The van der Waals surface area contributed by atoms with Gasteiger partial charge < -0.3 is 10.4 Å². The van der Waals surface area contributed by atoms with E-state index >= 15 is 0 Å². The Labute approximate surface area is 120 Å². The Balaban J connectivity index is 1.88. The molecule has 19 heavy (non-hydrogen) atoms. The first-order valence-electron chi connectivity index (χ1n) is 7.13. The second-order valence-electron chi connectivity index (χ2n) is 5.71. The Hall–Kier alpha value is -0.580. The molecule has 1 aromatic heterocycles. The number of hydrogen-bond donors (Lipinski definition) is 2. The zero-order valence-corrected chi connectivity index (χ0v) is 12.6. The quantitative estimate of drug-likeness (QED) is 0.836. The predicted molar refractivity (Wildman–Crippen MR) is 77.3 cm³/mol. The minimum atomic E-state index is -0.545. The van der Waals surface area contributed by atoms with Gasteiger partial charge in [0.2, 0.25) is 0 Å². The van der Waals surface area contributed by atoms with Crippen LogP contribution in [-0.2, 0) is 13.6 Å². The first-order chi connectivity index (χ1) is 9.02. The van der Waals surface area contributed by atoms with Gasteiger partial charge in [-0.3, -0.25) is 4.68 Å². The monoisotopic (exact) mass is 285 g/mol. The van der Waals surface area contributed by atoms with Crippen molar-refractivity contribution in [2.75, 3.05) is 6.54 Å². The lowest BCUT2D eigenvalue weighted by Gasteiger charge is -2.27. The highest BCUT2D eigenvalue weighted by atomic mass is 35.5. The average Bonchev–Trinajstić information content (AvgIpc) is 2.56. The molecule has 0 bridgehead atoms. The molecule has 1 aliphatic rings. The minimum Gasteiger partial charge on any atom is -0.389 e. The third-order valence-electron chi connectivity index (χ3n) is 4.04. The second-order valence-corrected chi connectivity index (χ2v) is 6.09. The summed E-state index contributed by atoms with van der Waals surface area (Å²) in [6.45, 7) is 3.19. The standard InChI is InChI=1S/C14H24ClN3O/c1-11-13(15)12(18(2)17-11)9-16-10-14(19)7-5-3-4-6-8-14/h16,19H,3-10H2,1-2H3. The third-order valence-corrected chi connectivity index (χ3v) is 4.53. The number of aliphatic hydroxyl groups is 1. The van der Waals surface area contributed by atoms with Crippen LogP contribution in [0.4, 0.5) is 0 Å². The van der Waals surface area contributed by atoms with Gasteiger partial charge in [0.1, 0.15) is 0 Å². The first-order valence-corrected chi connectivity index (χ1v) is 7.51. The Morgan fingerprint density at radius 1 is 1.32 bits per heavy atom. The molecular formula is C14H24ClN3O. The van der Waals surface area contributed by atoms with Crippen molar-refractivity contribution in [1.29, 1.82) is 0 Å². The Kier molecular flexibility index (Phi) is 4.87. The van der Waals surface area contributed by atoms with E-state index in [1.54, 1.807) is 0 Å². The van der Waals surface area contributed by atoms with Crippen LogP contribution >= 0.6 is 11.6 Å². The summed E-state index contributed by atoms with van der Waals surface area (Å²) in [6, 6.07) is 0. The maximum Gasteiger partial charge on any atom is 0.0860 e. The molecular weight excluding hydrogens is 262 g/mol. The van der Waals surface area contributed by atoms with Crippen molar-refractivity contribution >= 4 is 11.6 Å². The van der Waals surface area contributed by atoms with Crippen molar-refractivity contribution in [3.63, 3.8) is 0 Å². The molecule has 0 radical (unpaired) electrons. The molecule has 0 aliphatic heterocycles. The number of halogens is 1. The molecule has 5 heteroatoms. The van der Waals surface area contributed by atoms with Crippen LogP contribution in [0.3, 0.4) is 0 Å². The molecule has 0 aromatic carbocycles. The lowest BCUT2D eigenvalue weighted by molar-refractivity contribution is 0.0249. The lowest BCUT2D eigenvalue weighted by atomic mass is 9.94. The molecule has 1 aliphatic carbocycles. The highest BCUT2D eigenvalue weighted by molar-refractivity contribution is 6.31. The van der Waals surface area contributed by atoms with Crippen molar-refractivity contribution < 1.29 is 5.11 Å². The largest absolute Gasteiger partial charge is 0.389 e. The van der Waals surface area contributed by atoms with Crippen LogP contribution < -0.4 is 5.32 Å². The molecule has 1 fully saturated rings. The van der Waals surface area contributed by atoms with Gasteiger partial charge in [0.15, 0.2) is 0 Å². The van der Waals surface area contributed by atoms with E-state index in [9.17, 15) is 5.11 Å². The fourth-order valence-corrected chi connectivity index (χ4v) is 3.08. The highest BCUT2D eigenvalue weighted by Gasteiger charge is 2.27. The van der Waals surface area contributed by atoms with Crippen LogP contribution in [0.15, 0.2) is 0 Å². The Morgan fingerprint density at radius 2 is 1.95 bits per heavy atom. The maximum atomic E-state index is 10.6. The van der Waals surface area contributed by atoms with Gasteiger partial charge in [0.05, 0.1) is 22.0 Å². The van der Waals surface area contributed by atoms with E-state index in [-0.39, 0.29) is 0 Å². The number of aromatic nitrogens is 2. The SMILES string of the molecule is Cc1nn(C)c(CNCC2(O)CCCCCC2)c1Cl. The predicted octanol–water partition coefficient (Wildman–Crippen LogP) is 2.56. The normalized spacial score (nSPS) is 19.4. The molecule has 108 valence electrons. The van der Waals surface area contributed by atoms with Gasteiger partial charge in [0, 0.05) is 20.1 Å². The van der Waals surface area contributed by atoms with Gasteiger partial charge in [-0.2, -0.15) is 5.10 Å². The minimum absolute atomic E-state index is 0.545. The van der Waals surface area contributed by atoms with E-state index < -0.39 is 5.60 Å². The first kappa shape index (κ1) is 14.8. The summed E-state index contributed by atoms with van der Waals surface area (Å²) in [4.78, 5) is 0. The maximum absolute atomic E-state index is 10.6. The number of nitrogens with zero attached hydrogens (tertiary/aromatic N) is 2. The second kappa shape index (κ2) is 6.25. The van der Waals surface area contributed by atoms with Crippen LogP contribution in [0.5, 0.6) is 0 Å². The van der Waals surface area contributed by atoms with Crippen molar-refractivity contribution in [3.05, 3.63) is 16.4 Å². The number of hydrogen-bond acceptors (Lipinski definition) is 3. The molecule has 1 saturated carbocycles. The fourth-order valence-electron chi connectivity index (χ4n) is 2.85. The van der Waals surface area contributed by atoms with Gasteiger partial charge in [-0.15, -0.1) is 0 Å². The van der Waals surface area contributed by atoms with E-state index in [1.165, 1.54) is 12.8 Å². The topological polar surface area (TPSA) is 50.1 Å². The smallest absolute Gasteiger partial charge is 0.0860 e. The molecule has 0 atom stereocenters. The molecule has 0 unspecified atom stereocenters. The van der Waals surface area contributed by atoms with E-state index in [1.807, 2.05) is 18.7 Å². The lowest BCUT2D eigenvalue weighted by Crippen LogP contribution is -2.40. The molecule has 4 nitrogen and oxygen atoms in total. The van der Waals surface area contributed by atoms with E-state index in [2.05, 4.69) is 10.4 Å². The molecule has 1 heterocycles. The highest BCUT2D eigenvalue weighted by Crippen LogP contribution is 2.26. The van der Waals surface area contributed by atoms with Gasteiger partial charge in [-0.25, -0.2) is 0 Å². The van der Waals surface area contributed by atoms with Gasteiger partial charge in [-0.1, -0.05) is 37.3 Å². The van der Waals surface area contributed by atoms with Crippen molar-refractivity contribution in [1.82, 2.24) is 15.1 Å². The molecule has 0 spiro atoms. The summed E-state index contributed by atoms with van der Waals surface area (Å²) in [7, 11) is 1.90. The van der Waals surface area contributed by atoms with Gasteiger partial charge in [-0.05, 0) is 19.8 Å². The van der Waals surface area contributed by atoms with Gasteiger partial charge >= 0.3 is 0 Å². The zero-order chi connectivity index (χ0) is 13.9. The van der Waals surface area contributed by atoms with Crippen LogP contribution in [-0.4, -0.2) is 27.0 Å².